The number of piperidine rings is 1. The van der Waals surface area contributed by atoms with E-state index in [9.17, 15) is 0 Å². The summed E-state index contributed by atoms with van der Waals surface area (Å²) < 4.78 is 0. The van der Waals surface area contributed by atoms with Gasteiger partial charge in [0.05, 0.1) is 5.71 Å². The van der Waals surface area contributed by atoms with E-state index in [0.717, 1.165) is 41.8 Å². The molecule has 2 fully saturated rings. The molecule has 0 spiro atoms. The number of hydrogen-bond acceptors (Lipinski definition) is 3. The SMILES string of the molecule is Clc1ccc(/C(CCN2CCCCC2)=N/OCC2CC2)cc1. The third kappa shape index (κ3) is 4.99. The molecular formula is C18H25ClN2O. The van der Waals surface area contributed by atoms with E-state index < -0.39 is 0 Å². The standard InChI is InChI=1S/C18H25ClN2O/c19-17-8-6-16(7-9-17)18(20-22-14-15-4-5-15)10-13-21-11-2-1-3-12-21/h6-9,15H,1-5,10-14H2/b20-18+. The zero-order chi connectivity index (χ0) is 15.2. The molecule has 4 heteroatoms. The lowest BCUT2D eigenvalue weighted by Gasteiger charge is -2.26. The maximum Gasteiger partial charge on any atom is 0.120 e. The minimum atomic E-state index is 0.734. The number of likely N-dealkylation sites (tertiary alicyclic amines) is 1. The third-order valence-corrected chi connectivity index (χ3v) is 4.72. The van der Waals surface area contributed by atoms with Crippen molar-refractivity contribution in [2.75, 3.05) is 26.2 Å². The van der Waals surface area contributed by atoms with Gasteiger partial charge in [-0.1, -0.05) is 35.3 Å². The highest BCUT2D eigenvalue weighted by Crippen LogP contribution is 2.29. The van der Waals surface area contributed by atoms with Crippen molar-refractivity contribution in [3.05, 3.63) is 34.9 Å². The molecule has 1 heterocycles. The Morgan fingerprint density at radius 2 is 1.86 bits per heavy atom. The van der Waals surface area contributed by atoms with Crippen LogP contribution in [0.15, 0.2) is 29.4 Å². The van der Waals surface area contributed by atoms with E-state index >= 15 is 0 Å². The second-order valence-corrected chi connectivity index (χ2v) is 6.87. The molecule has 3 rings (SSSR count). The van der Waals surface area contributed by atoms with Gasteiger partial charge in [-0.25, -0.2) is 0 Å². The van der Waals surface area contributed by atoms with Crippen LogP contribution in [0.5, 0.6) is 0 Å². The largest absolute Gasteiger partial charge is 0.395 e. The first-order chi connectivity index (χ1) is 10.8. The maximum absolute atomic E-state index is 5.99. The van der Waals surface area contributed by atoms with Crippen LogP contribution in [0, 0.1) is 5.92 Å². The molecule has 0 aromatic heterocycles. The molecule has 1 aliphatic carbocycles. The van der Waals surface area contributed by atoms with Crippen LogP contribution in [0.2, 0.25) is 5.02 Å². The van der Waals surface area contributed by atoms with E-state index in [1.807, 2.05) is 24.3 Å². The number of benzene rings is 1. The maximum atomic E-state index is 5.99. The number of rotatable bonds is 7. The fourth-order valence-electron chi connectivity index (χ4n) is 2.84. The van der Waals surface area contributed by atoms with E-state index in [2.05, 4.69) is 10.1 Å². The van der Waals surface area contributed by atoms with Crippen LogP contribution >= 0.6 is 11.6 Å². The van der Waals surface area contributed by atoms with Crippen molar-refractivity contribution in [2.45, 2.75) is 38.5 Å². The minimum absolute atomic E-state index is 0.734. The quantitative estimate of drug-likeness (QED) is 0.551. The van der Waals surface area contributed by atoms with Crippen LogP contribution in [-0.2, 0) is 4.84 Å². The number of oxime groups is 1. The Morgan fingerprint density at radius 1 is 1.14 bits per heavy atom. The molecule has 0 amide bonds. The molecule has 0 atom stereocenters. The van der Waals surface area contributed by atoms with Crippen molar-refractivity contribution in [1.29, 1.82) is 0 Å². The highest BCUT2D eigenvalue weighted by Gasteiger charge is 2.22. The van der Waals surface area contributed by atoms with Crippen molar-refractivity contribution in [3.63, 3.8) is 0 Å². The van der Waals surface area contributed by atoms with Crippen LogP contribution in [-0.4, -0.2) is 36.9 Å². The van der Waals surface area contributed by atoms with Crippen LogP contribution in [0.25, 0.3) is 0 Å². The summed E-state index contributed by atoms with van der Waals surface area (Å²) >= 11 is 5.99. The van der Waals surface area contributed by atoms with Gasteiger partial charge in [0.15, 0.2) is 0 Å². The first-order valence-electron chi connectivity index (χ1n) is 8.48. The van der Waals surface area contributed by atoms with Gasteiger partial charge < -0.3 is 9.74 Å². The molecule has 1 aliphatic heterocycles. The first-order valence-corrected chi connectivity index (χ1v) is 8.86. The second kappa shape index (κ2) is 7.98. The van der Waals surface area contributed by atoms with Gasteiger partial charge in [-0.2, -0.15) is 0 Å². The molecule has 22 heavy (non-hydrogen) atoms. The van der Waals surface area contributed by atoms with E-state index in [1.54, 1.807) is 0 Å². The van der Waals surface area contributed by atoms with Gasteiger partial charge in [-0.3, -0.25) is 0 Å². The molecule has 1 saturated heterocycles. The normalized spacial score (nSPS) is 20.1. The Morgan fingerprint density at radius 3 is 2.55 bits per heavy atom. The zero-order valence-electron chi connectivity index (χ0n) is 13.1. The summed E-state index contributed by atoms with van der Waals surface area (Å²) in [6, 6.07) is 7.93. The number of halogens is 1. The minimum Gasteiger partial charge on any atom is -0.395 e. The number of hydrogen-bond donors (Lipinski definition) is 0. The molecular weight excluding hydrogens is 296 g/mol. The van der Waals surface area contributed by atoms with Gasteiger partial charge in [0.25, 0.3) is 0 Å². The average Bonchev–Trinajstić information content (AvgIpc) is 3.37. The summed E-state index contributed by atoms with van der Waals surface area (Å²) in [6.45, 7) is 4.27. The molecule has 0 N–H and O–H groups in total. The van der Waals surface area contributed by atoms with E-state index in [4.69, 9.17) is 16.4 Å². The monoisotopic (exact) mass is 320 g/mol. The molecule has 1 aromatic carbocycles. The molecule has 3 nitrogen and oxygen atoms in total. The Kier molecular flexibility index (Phi) is 5.74. The van der Waals surface area contributed by atoms with E-state index in [-0.39, 0.29) is 0 Å². The van der Waals surface area contributed by atoms with Gasteiger partial charge in [0.1, 0.15) is 6.61 Å². The first kappa shape index (κ1) is 15.8. The summed E-state index contributed by atoms with van der Waals surface area (Å²) in [5.74, 6) is 0.734. The van der Waals surface area contributed by atoms with Crippen molar-refractivity contribution in [3.8, 4) is 0 Å². The van der Waals surface area contributed by atoms with Gasteiger partial charge in [-0.05, 0) is 62.4 Å². The molecule has 120 valence electrons. The number of nitrogens with zero attached hydrogens (tertiary/aromatic N) is 2. The smallest absolute Gasteiger partial charge is 0.120 e. The van der Waals surface area contributed by atoms with Crippen LogP contribution in [0.1, 0.15) is 44.1 Å². The summed E-state index contributed by atoms with van der Waals surface area (Å²) in [4.78, 5) is 8.12. The summed E-state index contributed by atoms with van der Waals surface area (Å²) in [7, 11) is 0. The highest BCUT2D eigenvalue weighted by atomic mass is 35.5. The van der Waals surface area contributed by atoms with Crippen molar-refractivity contribution in [1.82, 2.24) is 4.90 Å². The van der Waals surface area contributed by atoms with Crippen molar-refractivity contribution in [2.24, 2.45) is 11.1 Å². The third-order valence-electron chi connectivity index (χ3n) is 4.47. The van der Waals surface area contributed by atoms with Gasteiger partial charge in [0, 0.05) is 18.0 Å². The molecule has 0 radical (unpaired) electrons. The lowest BCUT2D eigenvalue weighted by Crippen LogP contribution is -2.31. The van der Waals surface area contributed by atoms with Crippen LogP contribution in [0.4, 0.5) is 0 Å². The molecule has 0 unspecified atom stereocenters. The molecule has 2 aliphatic rings. The zero-order valence-corrected chi connectivity index (χ0v) is 13.9. The molecule has 1 aromatic rings. The predicted octanol–water partition coefficient (Wildman–Crippen LogP) is 4.35. The average molecular weight is 321 g/mol. The summed E-state index contributed by atoms with van der Waals surface area (Å²) in [5, 5.41) is 5.20. The van der Waals surface area contributed by atoms with Crippen LogP contribution in [0.3, 0.4) is 0 Å². The molecule has 1 saturated carbocycles. The topological polar surface area (TPSA) is 24.8 Å². The Labute approximate surface area is 138 Å². The molecule has 0 bridgehead atoms. The predicted molar refractivity (Wildman–Crippen MR) is 91.6 cm³/mol. The lowest BCUT2D eigenvalue weighted by molar-refractivity contribution is 0.133. The fourth-order valence-corrected chi connectivity index (χ4v) is 2.96. The van der Waals surface area contributed by atoms with Crippen molar-refractivity contribution < 1.29 is 4.84 Å². The van der Waals surface area contributed by atoms with E-state index in [0.29, 0.717) is 0 Å². The highest BCUT2D eigenvalue weighted by molar-refractivity contribution is 6.30. The van der Waals surface area contributed by atoms with Gasteiger partial charge in [-0.15, -0.1) is 0 Å². The lowest BCUT2D eigenvalue weighted by atomic mass is 10.1. The fraction of sp³-hybridized carbons (Fsp3) is 0.611. The Balaban J connectivity index is 1.60. The summed E-state index contributed by atoms with van der Waals surface area (Å²) in [5.41, 5.74) is 2.17. The Bertz CT molecular complexity index is 490. The van der Waals surface area contributed by atoms with Crippen molar-refractivity contribution >= 4 is 17.3 Å². The summed E-state index contributed by atoms with van der Waals surface area (Å²) in [6.07, 6.45) is 7.54. The second-order valence-electron chi connectivity index (χ2n) is 6.44. The van der Waals surface area contributed by atoms with Crippen LogP contribution < -0.4 is 0 Å². The van der Waals surface area contributed by atoms with Gasteiger partial charge in [0.2, 0.25) is 0 Å². The van der Waals surface area contributed by atoms with E-state index in [1.165, 1.54) is 45.2 Å². The Hall–Kier alpha value is -1.06. The van der Waals surface area contributed by atoms with Gasteiger partial charge >= 0.3 is 0 Å².